The Morgan fingerprint density at radius 1 is 1.33 bits per heavy atom. The SMILES string of the molecule is c1cc[c]2c(c1)N[S][Sn]2. The van der Waals surface area contributed by atoms with Gasteiger partial charge >= 0.3 is 67.1 Å². The van der Waals surface area contributed by atoms with E-state index in [4.69, 9.17) is 0 Å². The van der Waals surface area contributed by atoms with Gasteiger partial charge < -0.3 is 0 Å². The third kappa shape index (κ3) is 1.05. The van der Waals surface area contributed by atoms with Gasteiger partial charge in [-0.1, -0.05) is 0 Å². The van der Waals surface area contributed by atoms with E-state index in [0.717, 1.165) is 0 Å². The van der Waals surface area contributed by atoms with Gasteiger partial charge in [-0.05, 0) is 0 Å². The van der Waals surface area contributed by atoms with Gasteiger partial charge in [0, 0.05) is 0 Å². The van der Waals surface area contributed by atoms with E-state index in [1.165, 1.54) is 5.69 Å². The van der Waals surface area contributed by atoms with Crippen LogP contribution in [-0.4, -0.2) is 19.8 Å². The fraction of sp³-hybridized carbons (Fsp3) is 0. The predicted octanol–water partition coefficient (Wildman–Crippen LogP) is 1.00. The van der Waals surface area contributed by atoms with Crippen LogP contribution in [0, 0.1) is 0 Å². The van der Waals surface area contributed by atoms with Crippen molar-refractivity contribution in [2.24, 2.45) is 0 Å². The summed E-state index contributed by atoms with van der Waals surface area (Å²) in [5.74, 6) is 0. The first kappa shape index (κ1) is 5.92. The van der Waals surface area contributed by atoms with Gasteiger partial charge in [0.25, 0.3) is 0 Å². The summed E-state index contributed by atoms with van der Waals surface area (Å²) in [6.45, 7) is 0. The number of anilines is 1. The Balaban J connectivity index is 2.54. The molecule has 0 bridgehead atoms. The van der Waals surface area contributed by atoms with Crippen molar-refractivity contribution in [3.05, 3.63) is 24.3 Å². The molecule has 0 unspecified atom stereocenters. The summed E-state index contributed by atoms with van der Waals surface area (Å²) in [5.41, 5.74) is 1.36. The van der Waals surface area contributed by atoms with Gasteiger partial charge in [-0.25, -0.2) is 0 Å². The van der Waals surface area contributed by atoms with Crippen molar-refractivity contribution >= 4 is 38.2 Å². The molecule has 0 fully saturated rings. The summed E-state index contributed by atoms with van der Waals surface area (Å²) in [6.07, 6.45) is 0. The minimum absolute atomic E-state index is 0.252. The van der Waals surface area contributed by atoms with Crippen LogP contribution in [0.4, 0.5) is 5.69 Å². The zero-order valence-electron chi connectivity index (χ0n) is 4.72. The summed E-state index contributed by atoms with van der Waals surface area (Å²) >= 11 is -0.252. The second-order valence-corrected chi connectivity index (χ2v) is 7.50. The van der Waals surface area contributed by atoms with E-state index in [1.807, 2.05) is 9.13 Å². The zero-order chi connectivity index (χ0) is 6.10. The number of nitrogens with one attached hydrogen (secondary N) is 1. The Bertz CT molecular complexity index is 203. The molecule has 0 saturated carbocycles. The molecule has 1 aliphatic rings. The van der Waals surface area contributed by atoms with Crippen molar-refractivity contribution in [2.45, 2.75) is 0 Å². The average molecular weight is 242 g/mol. The fourth-order valence-corrected chi connectivity index (χ4v) is 6.22. The molecule has 1 aliphatic heterocycles. The number of para-hydroxylation sites is 1. The number of hydrogen-bond donors (Lipinski definition) is 1. The van der Waals surface area contributed by atoms with Crippen LogP contribution in [0.1, 0.15) is 0 Å². The van der Waals surface area contributed by atoms with Crippen LogP contribution < -0.4 is 8.30 Å². The number of benzene rings is 1. The molecule has 1 aromatic carbocycles. The monoisotopic (exact) mass is 243 g/mol. The van der Waals surface area contributed by atoms with Crippen molar-refractivity contribution in [1.29, 1.82) is 0 Å². The molecule has 0 aromatic heterocycles. The summed E-state index contributed by atoms with van der Waals surface area (Å²) in [4.78, 5) is 0. The van der Waals surface area contributed by atoms with Gasteiger partial charge in [0.05, 0.1) is 0 Å². The Labute approximate surface area is 67.0 Å². The molecule has 1 N–H and O–H groups in total. The van der Waals surface area contributed by atoms with E-state index >= 15 is 0 Å². The maximum atomic E-state index is 3.29. The van der Waals surface area contributed by atoms with E-state index in [9.17, 15) is 0 Å². The summed E-state index contributed by atoms with van der Waals surface area (Å²) in [6, 6.07) is 8.58. The quantitative estimate of drug-likeness (QED) is 0.538. The van der Waals surface area contributed by atoms with Crippen LogP contribution in [0.5, 0.6) is 0 Å². The van der Waals surface area contributed by atoms with E-state index in [-0.39, 0.29) is 19.8 Å². The molecule has 1 heterocycles. The standard InChI is InChI=1S/C6H5NS.Sn/c8-7-6-4-2-1-3-5-6;/h1-4,7H;/q-1;+1. The first-order valence-electron chi connectivity index (χ1n) is 2.74. The molecule has 1 aromatic rings. The predicted molar refractivity (Wildman–Crippen MR) is 43.0 cm³/mol. The average Bonchev–Trinajstić information content (AvgIpc) is 2.33. The molecule has 1 nitrogen and oxygen atoms in total. The molecule has 9 heavy (non-hydrogen) atoms. The van der Waals surface area contributed by atoms with Crippen molar-refractivity contribution in [3.63, 3.8) is 0 Å². The number of hydrogen-bond acceptors (Lipinski definition) is 2. The molecule has 0 amide bonds. The minimum atomic E-state index is -0.252. The first-order chi connectivity index (χ1) is 4.47. The van der Waals surface area contributed by atoms with E-state index < -0.39 is 0 Å². The topological polar surface area (TPSA) is 12.0 Å². The first-order valence-corrected chi connectivity index (χ1v) is 8.47. The van der Waals surface area contributed by atoms with E-state index in [1.54, 1.807) is 3.58 Å². The van der Waals surface area contributed by atoms with E-state index in [0.29, 0.717) is 0 Å². The zero-order valence-corrected chi connectivity index (χ0v) is 8.39. The molecule has 0 aliphatic carbocycles. The van der Waals surface area contributed by atoms with Crippen LogP contribution in [0.2, 0.25) is 0 Å². The van der Waals surface area contributed by atoms with Crippen molar-refractivity contribution in [1.82, 2.24) is 0 Å². The van der Waals surface area contributed by atoms with Crippen LogP contribution >= 0.6 is 9.13 Å². The molecule has 2 radical (unpaired) electrons. The Hall–Kier alpha value is 0.169. The Morgan fingerprint density at radius 3 is 3.11 bits per heavy atom. The normalized spacial score (nSPS) is 14.7. The Morgan fingerprint density at radius 2 is 2.22 bits per heavy atom. The van der Waals surface area contributed by atoms with Crippen molar-refractivity contribution in [3.8, 4) is 0 Å². The fourth-order valence-electron chi connectivity index (χ4n) is 0.797. The Kier molecular flexibility index (Phi) is 1.59. The molecular formula is C6H5NSSn. The second kappa shape index (κ2) is 2.42. The number of rotatable bonds is 0. The molecule has 0 saturated heterocycles. The van der Waals surface area contributed by atoms with Gasteiger partial charge in [0.1, 0.15) is 0 Å². The maximum absolute atomic E-state index is 3.29. The third-order valence-electron chi connectivity index (χ3n) is 1.25. The van der Waals surface area contributed by atoms with Gasteiger partial charge in [-0.3, -0.25) is 0 Å². The van der Waals surface area contributed by atoms with Crippen molar-refractivity contribution < 1.29 is 0 Å². The van der Waals surface area contributed by atoms with Gasteiger partial charge in [-0.15, -0.1) is 0 Å². The van der Waals surface area contributed by atoms with Crippen LogP contribution in [0.3, 0.4) is 0 Å². The molecule has 3 heteroatoms. The summed E-state index contributed by atoms with van der Waals surface area (Å²) in [7, 11) is 1.92. The molecule has 44 valence electrons. The van der Waals surface area contributed by atoms with Crippen molar-refractivity contribution in [2.75, 3.05) is 4.72 Å². The molecule has 2 rings (SSSR count). The van der Waals surface area contributed by atoms with Gasteiger partial charge in [0.2, 0.25) is 0 Å². The van der Waals surface area contributed by atoms with Crippen LogP contribution in [0.15, 0.2) is 24.3 Å². The summed E-state index contributed by atoms with van der Waals surface area (Å²) in [5, 5.41) is 0. The van der Waals surface area contributed by atoms with Gasteiger partial charge in [-0.2, -0.15) is 0 Å². The van der Waals surface area contributed by atoms with Crippen LogP contribution in [-0.2, 0) is 0 Å². The molecular weight excluding hydrogens is 237 g/mol. The molecule has 0 atom stereocenters. The third-order valence-corrected chi connectivity index (χ3v) is 6.77. The van der Waals surface area contributed by atoms with Crippen LogP contribution in [0.25, 0.3) is 0 Å². The van der Waals surface area contributed by atoms with E-state index in [2.05, 4.69) is 29.0 Å². The number of fused-ring (bicyclic) bond motifs is 1. The second-order valence-electron chi connectivity index (χ2n) is 1.85. The molecule has 0 spiro atoms. The summed E-state index contributed by atoms with van der Waals surface area (Å²) < 4.78 is 4.88. The van der Waals surface area contributed by atoms with Gasteiger partial charge in [0.15, 0.2) is 0 Å².